The van der Waals surface area contributed by atoms with Gasteiger partial charge >= 0.3 is 11.7 Å². The molecule has 2 aromatic rings. The summed E-state index contributed by atoms with van der Waals surface area (Å²) in [6, 6.07) is 8.96. The van der Waals surface area contributed by atoms with Gasteiger partial charge in [0.1, 0.15) is 17.9 Å². The lowest BCUT2D eigenvalue weighted by Gasteiger charge is -2.21. The van der Waals surface area contributed by atoms with Gasteiger partial charge in [0.15, 0.2) is 6.10 Å². The van der Waals surface area contributed by atoms with Crippen molar-refractivity contribution < 1.29 is 19.2 Å². The minimum Gasteiger partial charge on any atom is -0.451 e. The SMILES string of the molecule is Cc1nn(CC(=O)O[C@@H](C)C(=O)N(C)c2ccccc2)c(C)c1[N+](=O)[O-]. The Morgan fingerprint density at radius 3 is 2.46 bits per heavy atom. The second kappa shape index (κ2) is 7.77. The molecule has 138 valence electrons. The van der Waals surface area contributed by atoms with E-state index < -0.39 is 17.0 Å². The third kappa shape index (κ3) is 4.05. The Morgan fingerprint density at radius 2 is 1.92 bits per heavy atom. The monoisotopic (exact) mass is 360 g/mol. The average molecular weight is 360 g/mol. The van der Waals surface area contributed by atoms with Crippen molar-refractivity contribution in [1.29, 1.82) is 0 Å². The molecular formula is C17H20N4O5. The van der Waals surface area contributed by atoms with Crippen LogP contribution in [-0.4, -0.2) is 39.7 Å². The maximum atomic E-state index is 12.4. The van der Waals surface area contributed by atoms with Crippen LogP contribution in [0.4, 0.5) is 11.4 Å². The van der Waals surface area contributed by atoms with Crippen LogP contribution in [0.15, 0.2) is 30.3 Å². The van der Waals surface area contributed by atoms with Crippen molar-refractivity contribution in [2.75, 3.05) is 11.9 Å². The number of benzene rings is 1. The number of hydrogen-bond donors (Lipinski definition) is 0. The zero-order valence-electron chi connectivity index (χ0n) is 15.0. The summed E-state index contributed by atoms with van der Waals surface area (Å²) < 4.78 is 6.36. The van der Waals surface area contributed by atoms with Crippen molar-refractivity contribution in [3.63, 3.8) is 0 Å². The molecule has 0 spiro atoms. The summed E-state index contributed by atoms with van der Waals surface area (Å²) >= 11 is 0. The van der Waals surface area contributed by atoms with Gasteiger partial charge in [-0.25, -0.2) is 0 Å². The minimum atomic E-state index is -1.00. The molecule has 1 heterocycles. The lowest BCUT2D eigenvalue weighted by atomic mass is 10.2. The maximum Gasteiger partial charge on any atom is 0.328 e. The van der Waals surface area contributed by atoms with E-state index in [1.54, 1.807) is 31.3 Å². The number of nitrogens with zero attached hydrogens (tertiary/aromatic N) is 4. The van der Waals surface area contributed by atoms with Gasteiger partial charge in [-0.3, -0.25) is 24.4 Å². The third-order valence-electron chi connectivity index (χ3n) is 3.93. The first-order valence-electron chi connectivity index (χ1n) is 7.92. The van der Waals surface area contributed by atoms with E-state index in [-0.39, 0.29) is 29.5 Å². The number of nitro groups is 1. The van der Waals surface area contributed by atoms with Crippen molar-refractivity contribution in [3.8, 4) is 0 Å². The van der Waals surface area contributed by atoms with Crippen molar-refractivity contribution in [1.82, 2.24) is 9.78 Å². The zero-order chi connectivity index (χ0) is 19.4. The van der Waals surface area contributed by atoms with Crippen molar-refractivity contribution in [2.24, 2.45) is 0 Å². The second-order valence-electron chi connectivity index (χ2n) is 5.80. The fourth-order valence-corrected chi connectivity index (χ4v) is 2.56. The summed E-state index contributed by atoms with van der Waals surface area (Å²) in [6.07, 6.45) is -1.00. The van der Waals surface area contributed by atoms with Crippen molar-refractivity contribution in [3.05, 3.63) is 51.8 Å². The molecule has 0 saturated heterocycles. The normalized spacial score (nSPS) is 11.7. The number of amides is 1. The second-order valence-corrected chi connectivity index (χ2v) is 5.80. The highest BCUT2D eigenvalue weighted by Gasteiger charge is 2.26. The Labute approximate surface area is 150 Å². The van der Waals surface area contributed by atoms with Gasteiger partial charge in [-0.2, -0.15) is 5.10 Å². The van der Waals surface area contributed by atoms with E-state index in [1.165, 1.54) is 30.4 Å². The molecule has 0 unspecified atom stereocenters. The molecule has 0 bridgehead atoms. The molecule has 0 aliphatic rings. The van der Waals surface area contributed by atoms with Gasteiger partial charge in [0.2, 0.25) is 0 Å². The summed E-state index contributed by atoms with van der Waals surface area (Å²) in [5, 5.41) is 15.0. The number of aryl methyl sites for hydroxylation is 1. The molecule has 2 rings (SSSR count). The highest BCUT2D eigenvalue weighted by atomic mass is 16.6. The van der Waals surface area contributed by atoms with Gasteiger partial charge in [-0.15, -0.1) is 0 Å². The number of esters is 1. The largest absolute Gasteiger partial charge is 0.451 e. The first kappa shape index (κ1) is 19.1. The molecule has 26 heavy (non-hydrogen) atoms. The first-order chi connectivity index (χ1) is 12.2. The molecule has 0 radical (unpaired) electrons. The fraction of sp³-hybridized carbons (Fsp3) is 0.353. The summed E-state index contributed by atoms with van der Waals surface area (Å²) in [5.41, 5.74) is 1.01. The van der Waals surface area contributed by atoms with Crippen LogP contribution in [0.2, 0.25) is 0 Å². The van der Waals surface area contributed by atoms with Crippen LogP contribution in [-0.2, 0) is 20.9 Å². The molecule has 0 aliphatic heterocycles. The van der Waals surface area contributed by atoms with Crippen LogP contribution >= 0.6 is 0 Å². The van der Waals surface area contributed by atoms with E-state index >= 15 is 0 Å². The third-order valence-corrected chi connectivity index (χ3v) is 3.93. The molecule has 0 saturated carbocycles. The number of rotatable bonds is 6. The van der Waals surface area contributed by atoms with Crippen LogP contribution < -0.4 is 4.90 Å². The summed E-state index contributed by atoms with van der Waals surface area (Å²) in [7, 11) is 1.59. The van der Waals surface area contributed by atoms with E-state index in [2.05, 4.69) is 5.10 Å². The molecule has 0 fully saturated rings. The molecule has 1 atom stereocenters. The standard InChI is InChI=1S/C17H20N4O5/c1-11-16(21(24)25)12(2)20(18-11)10-15(22)26-13(3)17(23)19(4)14-8-6-5-7-9-14/h5-9,13H,10H2,1-4H3/t13-/m0/s1. The number of carbonyl (C=O) groups is 2. The van der Waals surface area contributed by atoms with Crippen LogP contribution in [0.1, 0.15) is 18.3 Å². The Morgan fingerprint density at radius 1 is 1.31 bits per heavy atom. The lowest BCUT2D eigenvalue weighted by molar-refractivity contribution is -0.386. The Balaban J connectivity index is 2.02. The number of para-hydroxylation sites is 1. The Bertz CT molecular complexity index is 831. The molecule has 9 nitrogen and oxygen atoms in total. The lowest BCUT2D eigenvalue weighted by Crippen LogP contribution is -2.38. The van der Waals surface area contributed by atoms with E-state index in [0.717, 1.165) is 0 Å². The van der Waals surface area contributed by atoms with Gasteiger partial charge < -0.3 is 9.64 Å². The van der Waals surface area contributed by atoms with Gasteiger partial charge in [-0.1, -0.05) is 18.2 Å². The van der Waals surface area contributed by atoms with E-state index in [4.69, 9.17) is 4.74 Å². The smallest absolute Gasteiger partial charge is 0.328 e. The number of anilines is 1. The number of aromatic nitrogens is 2. The highest BCUT2D eigenvalue weighted by molar-refractivity contribution is 5.96. The van der Waals surface area contributed by atoms with Crippen molar-refractivity contribution >= 4 is 23.3 Å². The molecule has 0 N–H and O–H groups in total. The molecule has 9 heteroatoms. The van der Waals surface area contributed by atoms with Crippen molar-refractivity contribution in [2.45, 2.75) is 33.4 Å². The Hall–Kier alpha value is -3.23. The predicted octanol–water partition coefficient (Wildman–Crippen LogP) is 2.00. The quantitative estimate of drug-likeness (QED) is 0.443. The molecule has 1 amide bonds. The summed E-state index contributed by atoms with van der Waals surface area (Å²) in [5.74, 6) is -1.09. The van der Waals surface area contributed by atoms with Gasteiger partial charge in [0.25, 0.3) is 5.91 Å². The van der Waals surface area contributed by atoms with E-state index in [9.17, 15) is 19.7 Å². The maximum absolute atomic E-state index is 12.4. The number of likely N-dealkylation sites (N-methyl/N-ethyl adjacent to an activating group) is 1. The number of ether oxygens (including phenoxy) is 1. The van der Waals surface area contributed by atoms with Gasteiger partial charge in [-0.05, 0) is 32.9 Å². The first-order valence-corrected chi connectivity index (χ1v) is 7.92. The highest BCUT2D eigenvalue weighted by Crippen LogP contribution is 2.21. The zero-order valence-corrected chi connectivity index (χ0v) is 15.0. The van der Waals surface area contributed by atoms with Crippen LogP contribution in [0, 0.1) is 24.0 Å². The van der Waals surface area contributed by atoms with Gasteiger partial charge in [0.05, 0.1) is 4.92 Å². The number of carbonyl (C=O) groups excluding carboxylic acids is 2. The summed E-state index contributed by atoms with van der Waals surface area (Å²) in [4.78, 5) is 36.3. The number of hydrogen-bond acceptors (Lipinski definition) is 6. The van der Waals surface area contributed by atoms with Gasteiger partial charge in [0, 0.05) is 12.7 Å². The molecule has 0 aliphatic carbocycles. The molecule has 1 aromatic carbocycles. The molecule has 1 aromatic heterocycles. The summed E-state index contributed by atoms with van der Waals surface area (Å²) in [6.45, 7) is 4.16. The van der Waals surface area contributed by atoms with Crippen LogP contribution in [0.3, 0.4) is 0 Å². The average Bonchev–Trinajstić information content (AvgIpc) is 2.87. The Kier molecular flexibility index (Phi) is 5.71. The van der Waals surface area contributed by atoms with Crippen LogP contribution in [0.5, 0.6) is 0 Å². The van der Waals surface area contributed by atoms with Crippen LogP contribution in [0.25, 0.3) is 0 Å². The minimum absolute atomic E-state index is 0.134. The van der Waals surface area contributed by atoms with E-state index in [1.807, 2.05) is 6.07 Å². The topological polar surface area (TPSA) is 108 Å². The van der Waals surface area contributed by atoms with E-state index in [0.29, 0.717) is 5.69 Å². The fourth-order valence-electron chi connectivity index (χ4n) is 2.56. The predicted molar refractivity (Wildman–Crippen MR) is 93.8 cm³/mol. The molecular weight excluding hydrogens is 340 g/mol.